The fourth-order valence-electron chi connectivity index (χ4n) is 1.66. The Morgan fingerprint density at radius 1 is 1.19 bits per heavy atom. The van der Waals surface area contributed by atoms with Crippen molar-refractivity contribution in [2.24, 2.45) is 0 Å². The first kappa shape index (κ1) is 15.1. The zero-order valence-electron chi connectivity index (χ0n) is 11.5. The van der Waals surface area contributed by atoms with Gasteiger partial charge in [0.25, 0.3) is 5.91 Å². The van der Waals surface area contributed by atoms with Gasteiger partial charge in [-0.2, -0.15) is 0 Å². The number of hydrogen-bond donors (Lipinski definition) is 2. The molecule has 0 bridgehead atoms. The molecule has 0 saturated heterocycles. The van der Waals surface area contributed by atoms with Crippen molar-refractivity contribution >= 4 is 28.9 Å². The summed E-state index contributed by atoms with van der Waals surface area (Å²) in [6.07, 6.45) is 0.910. The summed E-state index contributed by atoms with van der Waals surface area (Å²) in [5, 5.41) is 11.3. The maximum Gasteiger partial charge on any atom is 0.341 e. The highest BCUT2D eigenvalue weighted by Gasteiger charge is 2.09. The maximum absolute atomic E-state index is 12.0. The second-order valence-corrected chi connectivity index (χ2v) is 5.45. The molecular formula is C15H15NO4S. The highest BCUT2D eigenvalue weighted by molar-refractivity contribution is 7.14. The van der Waals surface area contributed by atoms with Gasteiger partial charge in [-0.25, -0.2) is 4.79 Å². The largest absolute Gasteiger partial charge is 0.482 e. The Morgan fingerprint density at radius 2 is 1.90 bits per heavy atom. The molecule has 21 heavy (non-hydrogen) atoms. The number of amides is 1. The van der Waals surface area contributed by atoms with Crippen LogP contribution in [0.1, 0.15) is 21.5 Å². The number of thiophene rings is 1. The molecule has 2 aromatic rings. The van der Waals surface area contributed by atoms with E-state index in [1.165, 1.54) is 11.3 Å². The number of carboxylic acid groups (broad SMARTS) is 1. The smallest absolute Gasteiger partial charge is 0.341 e. The van der Waals surface area contributed by atoms with Crippen LogP contribution < -0.4 is 10.1 Å². The van der Waals surface area contributed by atoms with Crippen LogP contribution in [0.25, 0.3) is 0 Å². The summed E-state index contributed by atoms with van der Waals surface area (Å²) >= 11 is 1.47. The maximum atomic E-state index is 12.0. The molecule has 5 nitrogen and oxygen atoms in total. The third-order valence-corrected chi connectivity index (χ3v) is 3.94. The van der Waals surface area contributed by atoms with E-state index in [0.29, 0.717) is 16.3 Å². The average molecular weight is 305 g/mol. The number of anilines is 1. The lowest BCUT2D eigenvalue weighted by atomic mass is 10.3. The van der Waals surface area contributed by atoms with Crippen LogP contribution in [0.15, 0.2) is 36.4 Å². The predicted molar refractivity (Wildman–Crippen MR) is 81.2 cm³/mol. The molecule has 0 saturated carbocycles. The molecule has 0 aliphatic heterocycles. The predicted octanol–water partition coefficient (Wildman–Crippen LogP) is 3.03. The Morgan fingerprint density at radius 3 is 2.48 bits per heavy atom. The minimum atomic E-state index is -1.03. The molecule has 1 aromatic carbocycles. The van der Waals surface area contributed by atoms with E-state index in [1.807, 2.05) is 19.1 Å². The van der Waals surface area contributed by atoms with E-state index in [0.717, 1.165) is 11.3 Å². The second-order valence-electron chi connectivity index (χ2n) is 4.28. The van der Waals surface area contributed by atoms with Gasteiger partial charge in [0.05, 0.1) is 4.88 Å². The van der Waals surface area contributed by atoms with Crippen molar-refractivity contribution in [2.75, 3.05) is 11.9 Å². The lowest BCUT2D eigenvalue weighted by molar-refractivity contribution is -0.139. The lowest BCUT2D eigenvalue weighted by Crippen LogP contribution is -2.11. The number of rotatable bonds is 6. The fraction of sp³-hybridized carbons (Fsp3) is 0.200. The number of ether oxygens (including phenoxy) is 1. The number of aryl methyl sites for hydroxylation is 1. The number of nitrogens with one attached hydrogen (secondary N) is 1. The van der Waals surface area contributed by atoms with Gasteiger partial charge in [-0.1, -0.05) is 6.92 Å². The van der Waals surface area contributed by atoms with E-state index < -0.39 is 5.97 Å². The molecule has 0 radical (unpaired) electrons. The average Bonchev–Trinajstić information content (AvgIpc) is 2.95. The number of benzene rings is 1. The van der Waals surface area contributed by atoms with Crippen LogP contribution in [0, 0.1) is 0 Å². The zero-order chi connectivity index (χ0) is 15.2. The van der Waals surface area contributed by atoms with E-state index >= 15 is 0 Å². The van der Waals surface area contributed by atoms with Gasteiger partial charge < -0.3 is 15.2 Å². The van der Waals surface area contributed by atoms with Gasteiger partial charge in [0.2, 0.25) is 0 Å². The summed E-state index contributed by atoms with van der Waals surface area (Å²) in [4.78, 5) is 24.3. The Labute approximate surface area is 126 Å². The Hall–Kier alpha value is -2.34. The third kappa shape index (κ3) is 4.32. The van der Waals surface area contributed by atoms with Gasteiger partial charge in [0, 0.05) is 10.6 Å². The van der Waals surface area contributed by atoms with Crippen molar-refractivity contribution in [1.29, 1.82) is 0 Å². The molecule has 2 N–H and O–H groups in total. The normalized spacial score (nSPS) is 10.1. The Bertz CT molecular complexity index is 633. The molecule has 0 spiro atoms. The summed E-state index contributed by atoms with van der Waals surface area (Å²) in [6.45, 7) is 1.66. The molecule has 0 fully saturated rings. The van der Waals surface area contributed by atoms with Crippen molar-refractivity contribution in [2.45, 2.75) is 13.3 Å². The number of hydrogen-bond acceptors (Lipinski definition) is 4. The van der Waals surface area contributed by atoms with Crippen molar-refractivity contribution in [3.8, 4) is 5.75 Å². The van der Waals surface area contributed by atoms with Crippen LogP contribution in [-0.4, -0.2) is 23.6 Å². The topological polar surface area (TPSA) is 75.6 Å². The van der Waals surface area contributed by atoms with Crippen molar-refractivity contribution in [3.05, 3.63) is 46.2 Å². The molecule has 0 aliphatic rings. The Balaban J connectivity index is 1.96. The summed E-state index contributed by atoms with van der Waals surface area (Å²) in [7, 11) is 0. The van der Waals surface area contributed by atoms with Crippen molar-refractivity contribution in [3.63, 3.8) is 0 Å². The van der Waals surface area contributed by atoms with Gasteiger partial charge in [0.1, 0.15) is 5.75 Å². The monoisotopic (exact) mass is 305 g/mol. The van der Waals surface area contributed by atoms with Crippen LogP contribution in [0.3, 0.4) is 0 Å². The highest BCUT2D eigenvalue weighted by Crippen LogP contribution is 2.20. The molecule has 2 rings (SSSR count). The van der Waals surface area contributed by atoms with E-state index in [9.17, 15) is 9.59 Å². The molecule has 6 heteroatoms. The van der Waals surface area contributed by atoms with Crippen LogP contribution in [0.5, 0.6) is 5.75 Å². The highest BCUT2D eigenvalue weighted by atomic mass is 32.1. The van der Waals surface area contributed by atoms with Crippen molar-refractivity contribution in [1.82, 2.24) is 0 Å². The first-order valence-corrected chi connectivity index (χ1v) is 7.25. The summed E-state index contributed by atoms with van der Waals surface area (Å²) < 4.78 is 5.02. The van der Waals surface area contributed by atoms with E-state index in [-0.39, 0.29) is 12.5 Å². The molecule has 1 aromatic heterocycles. The summed E-state index contributed by atoms with van der Waals surface area (Å²) in [5.41, 5.74) is 0.633. The van der Waals surface area contributed by atoms with Gasteiger partial charge in [-0.3, -0.25) is 4.79 Å². The molecule has 0 aliphatic carbocycles. The quantitative estimate of drug-likeness (QED) is 0.860. The first-order valence-electron chi connectivity index (χ1n) is 6.43. The molecule has 0 atom stereocenters. The van der Waals surface area contributed by atoms with Crippen LogP contribution in [0.4, 0.5) is 5.69 Å². The fourth-order valence-corrected chi connectivity index (χ4v) is 2.50. The molecule has 1 amide bonds. The third-order valence-electron chi connectivity index (χ3n) is 2.71. The number of carboxylic acids is 1. The van der Waals surface area contributed by atoms with Gasteiger partial charge in [-0.05, 0) is 42.8 Å². The molecule has 110 valence electrons. The first-order chi connectivity index (χ1) is 10.1. The van der Waals surface area contributed by atoms with Gasteiger partial charge >= 0.3 is 5.97 Å². The minimum absolute atomic E-state index is 0.154. The van der Waals surface area contributed by atoms with Crippen molar-refractivity contribution < 1.29 is 19.4 Å². The molecule has 1 heterocycles. The summed E-state index contributed by atoms with van der Waals surface area (Å²) in [5.74, 6) is -0.740. The molecule has 0 unspecified atom stereocenters. The number of carbonyl (C=O) groups is 2. The van der Waals surface area contributed by atoms with E-state index in [1.54, 1.807) is 24.3 Å². The van der Waals surface area contributed by atoms with Crippen LogP contribution >= 0.6 is 11.3 Å². The summed E-state index contributed by atoms with van der Waals surface area (Å²) in [6, 6.07) is 10.3. The van der Waals surface area contributed by atoms with Crippen LogP contribution in [-0.2, 0) is 11.2 Å². The van der Waals surface area contributed by atoms with E-state index in [4.69, 9.17) is 9.84 Å². The van der Waals surface area contributed by atoms with E-state index in [2.05, 4.69) is 5.32 Å². The minimum Gasteiger partial charge on any atom is -0.482 e. The van der Waals surface area contributed by atoms with Gasteiger partial charge in [0.15, 0.2) is 6.61 Å². The van der Waals surface area contributed by atoms with Gasteiger partial charge in [-0.15, -0.1) is 11.3 Å². The SMILES string of the molecule is CCc1ccc(C(=O)Nc2ccc(OCC(=O)O)cc2)s1. The number of aliphatic carboxylic acids is 1. The lowest BCUT2D eigenvalue weighted by Gasteiger charge is -2.06. The van der Waals surface area contributed by atoms with Crippen LogP contribution in [0.2, 0.25) is 0 Å². The zero-order valence-corrected chi connectivity index (χ0v) is 12.3. The molecular weight excluding hydrogens is 290 g/mol. The second kappa shape index (κ2) is 6.90. The Kier molecular flexibility index (Phi) is 4.94. The number of carbonyl (C=O) groups excluding carboxylic acids is 1. The standard InChI is InChI=1S/C15H15NO4S/c1-2-12-7-8-13(21-12)15(19)16-10-3-5-11(6-4-10)20-9-14(17)18/h3-8H,2,9H2,1H3,(H,16,19)(H,17,18).